The van der Waals surface area contributed by atoms with Crippen LogP contribution in [0.2, 0.25) is 0 Å². The Morgan fingerprint density at radius 1 is 1.12 bits per heavy atom. The number of anilines is 1. The van der Waals surface area contributed by atoms with Crippen molar-refractivity contribution < 1.29 is 14.3 Å². The van der Waals surface area contributed by atoms with E-state index in [4.69, 9.17) is 0 Å². The van der Waals surface area contributed by atoms with Crippen LogP contribution in [0.5, 0.6) is 0 Å². The quantitative estimate of drug-likeness (QED) is 0.379. The molecule has 0 bridgehead atoms. The maximum atomic E-state index is 12.9. The molecule has 4 N–H and O–H groups in total. The summed E-state index contributed by atoms with van der Waals surface area (Å²) in [7, 11) is 0. The molecule has 7 heteroatoms. The maximum absolute atomic E-state index is 12.9. The van der Waals surface area contributed by atoms with Crippen molar-refractivity contribution in [2.45, 2.75) is 52.1 Å². The SMILES string of the molecule is CCCC(O)(CCC)CNC(=NCC(=O)Nc1ccc(F)cc1)NCC. The molecule has 0 aromatic heterocycles. The fourth-order valence-corrected chi connectivity index (χ4v) is 2.71. The molecule has 0 saturated heterocycles. The van der Waals surface area contributed by atoms with E-state index in [1.54, 1.807) is 0 Å². The Kier molecular flexibility index (Phi) is 9.65. The Morgan fingerprint density at radius 3 is 2.27 bits per heavy atom. The van der Waals surface area contributed by atoms with Crippen molar-refractivity contribution in [1.82, 2.24) is 10.6 Å². The third-order valence-corrected chi connectivity index (χ3v) is 3.87. The van der Waals surface area contributed by atoms with E-state index >= 15 is 0 Å². The first-order valence-electron chi connectivity index (χ1n) is 9.22. The lowest BCUT2D eigenvalue weighted by atomic mass is 9.93. The number of aliphatic hydroxyl groups is 1. The van der Waals surface area contributed by atoms with Gasteiger partial charge in [-0.3, -0.25) is 4.79 Å². The predicted octanol–water partition coefficient (Wildman–Crippen LogP) is 2.65. The number of halogens is 1. The summed E-state index contributed by atoms with van der Waals surface area (Å²) in [6.07, 6.45) is 3.20. The highest BCUT2D eigenvalue weighted by Crippen LogP contribution is 2.18. The first-order chi connectivity index (χ1) is 12.4. The van der Waals surface area contributed by atoms with Crippen molar-refractivity contribution in [3.63, 3.8) is 0 Å². The van der Waals surface area contributed by atoms with Crippen molar-refractivity contribution in [2.24, 2.45) is 4.99 Å². The number of nitrogens with one attached hydrogen (secondary N) is 3. The van der Waals surface area contributed by atoms with Gasteiger partial charge in [0.05, 0.1) is 5.60 Å². The Balaban J connectivity index is 2.61. The number of aliphatic imine (C=N–C) groups is 1. The molecule has 0 heterocycles. The van der Waals surface area contributed by atoms with Crippen LogP contribution in [-0.4, -0.2) is 42.2 Å². The van der Waals surface area contributed by atoms with Crippen LogP contribution in [0.1, 0.15) is 46.5 Å². The molecule has 0 aliphatic heterocycles. The Hall–Kier alpha value is -2.15. The van der Waals surface area contributed by atoms with Crippen molar-refractivity contribution >= 4 is 17.6 Å². The van der Waals surface area contributed by atoms with Gasteiger partial charge in [0.25, 0.3) is 0 Å². The van der Waals surface area contributed by atoms with E-state index in [9.17, 15) is 14.3 Å². The van der Waals surface area contributed by atoms with Gasteiger partial charge in [0.2, 0.25) is 5.91 Å². The highest BCUT2D eigenvalue weighted by Gasteiger charge is 2.24. The average Bonchev–Trinajstić information content (AvgIpc) is 2.60. The summed E-state index contributed by atoms with van der Waals surface area (Å²) >= 11 is 0. The highest BCUT2D eigenvalue weighted by molar-refractivity contribution is 5.94. The summed E-state index contributed by atoms with van der Waals surface area (Å²) in [4.78, 5) is 16.2. The zero-order valence-corrected chi connectivity index (χ0v) is 15.9. The Bertz CT molecular complexity index is 569. The lowest BCUT2D eigenvalue weighted by Crippen LogP contribution is -2.47. The molecular formula is C19H31FN4O2. The van der Waals surface area contributed by atoms with E-state index < -0.39 is 5.60 Å². The molecule has 0 unspecified atom stereocenters. The maximum Gasteiger partial charge on any atom is 0.246 e. The molecule has 0 fully saturated rings. The van der Waals surface area contributed by atoms with Crippen molar-refractivity contribution in [3.8, 4) is 0 Å². The number of carbonyl (C=O) groups is 1. The second-order valence-electron chi connectivity index (χ2n) is 6.33. The number of carbonyl (C=O) groups excluding carboxylic acids is 1. The van der Waals surface area contributed by atoms with E-state index in [1.807, 2.05) is 20.8 Å². The van der Waals surface area contributed by atoms with E-state index in [0.29, 0.717) is 37.6 Å². The molecule has 146 valence electrons. The fraction of sp³-hybridized carbons (Fsp3) is 0.579. The lowest BCUT2D eigenvalue weighted by molar-refractivity contribution is -0.114. The van der Waals surface area contributed by atoms with Gasteiger partial charge < -0.3 is 21.1 Å². The summed E-state index contributed by atoms with van der Waals surface area (Å²) in [6.45, 7) is 6.96. The first kappa shape index (κ1) is 21.9. The summed E-state index contributed by atoms with van der Waals surface area (Å²) in [5, 5.41) is 19.5. The van der Waals surface area contributed by atoms with Crippen LogP contribution in [-0.2, 0) is 4.79 Å². The number of hydrogen-bond donors (Lipinski definition) is 4. The first-order valence-corrected chi connectivity index (χ1v) is 9.22. The number of amides is 1. The van der Waals surface area contributed by atoms with Gasteiger partial charge in [-0.1, -0.05) is 26.7 Å². The molecular weight excluding hydrogens is 335 g/mol. The van der Waals surface area contributed by atoms with Crippen LogP contribution in [0.3, 0.4) is 0 Å². The van der Waals surface area contributed by atoms with Gasteiger partial charge in [-0.15, -0.1) is 0 Å². The van der Waals surface area contributed by atoms with Crippen LogP contribution in [0.15, 0.2) is 29.3 Å². The number of benzene rings is 1. The summed E-state index contributed by atoms with van der Waals surface area (Å²) in [5.41, 5.74) is -0.263. The molecule has 1 amide bonds. The monoisotopic (exact) mass is 366 g/mol. The Morgan fingerprint density at radius 2 is 1.73 bits per heavy atom. The number of hydrogen-bond acceptors (Lipinski definition) is 3. The molecule has 0 atom stereocenters. The van der Waals surface area contributed by atoms with E-state index in [0.717, 1.165) is 12.8 Å². The summed E-state index contributed by atoms with van der Waals surface area (Å²) < 4.78 is 12.9. The Labute approximate surface area is 155 Å². The zero-order valence-electron chi connectivity index (χ0n) is 15.9. The minimum absolute atomic E-state index is 0.0767. The normalized spacial score (nSPS) is 12.0. The third-order valence-electron chi connectivity index (χ3n) is 3.87. The largest absolute Gasteiger partial charge is 0.388 e. The molecule has 1 aromatic rings. The topological polar surface area (TPSA) is 85.8 Å². The van der Waals surface area contributed by atoms with Crippen LogP contribution in [0.25, 0.3) is 0 Å². The van der Waals surface area contributed by atoms with Crippen molar-refractivity contribution in [3.05, 3.63) is 30.1 Å². The van der Waals surface area contributed by atoms with Gasteiger partial charge >= 0.3 is 0 Å². The van der Waals surface area contributed by atoms with Crippen LogP contribution in [0, 0.1) is 5.82 Å². The van der Waals surface area contributed by atoms with E-state index in [-0.39, 0.29) is 18.3 Å². The smallest absolute Gasteiger partial charge is 0.246 e. The standard InChI is InChI=1S/C19H31FN4O2/c1-4-11-19(26,12-5-2)14-23-18(21-6-3)22-13-17(25)24-16-9-7-15(20)8-10-16/h7-10,26H,4-6,11-14H2,1-3H3,(H,24,25)(H2,21,22,23). The number of rotatable bonds is 10. The minimum Gasteiger partial charge on any atom is -0.388 e. The summed E-state index contributed by atoms with van der Waals surface area (Å²) in [6, 6.07) is 5.56. The van der Waals surface area contributed by atoms with E-state index in [2.05, 4.69) is 20.9 Å². The van der Waals surface area contributed by atoms with E-state index in [1.165, 1.54) is 24.3 Å². The molecule has 0 spiro atoms. The molecule has 1 aromatic carbocycles. The molecule has 0 aliphatic carbocycles. The minimum atomic E-state index is -0.782. The van der Waals surface area contributed by atoms with Crippen LogP contribution < -0.4 is 16.0 Å². The summed E-state index contributed by atoms with van der Waals surface area (Å²) in [5.74, 6) is -0.176. The predicted molar refractivity (Wildman–Crippen MR) is 104 cm³/mol. The van der Waals surface area contributed by atoms with Crippen LogP contribution >= 0.6 is 0 Å². The molecule has 0 saturated carbocycles. The van der Waals surface area contributed by atoms with Gasteiger partial charge in [0.1, 0.15) is 12.4 Å². The van der Waals surface area contributed by atoms with Gasteiger partial charge in [-0.2, -0.15) is 0 Å². The second kappa shape index (κ2) is 11.5. The molecule has 6 nitrogen and oxygen atoms in total. The number of nitrogens with zero attached hydrogens (tertiary/aromatic N) is 1. The number of guanidine groups is 1. The van der Waals surface area contributed by atoms with Crippen molar-refractivity contribution in [1.29, 1.82) is 0 Å². The lowest BCUT2D eigenvalue weighted by Gasteiger charge is -2.28. The average molecular weight is 366 g/mol. The van der Waals surface area contributed by atoms with Crippen molar-refractivity contribution in [2.75, 3.05) is 25.0 Å². The molecule has 26 heavy (non-hydrogen) atoms. The van der Waals surface area contributed by atoms with Crippen LogP contribution in [0.4, 0.5) is 10.1 Å². The van der Waals surface area contributed by atoms with Gasteiger partial charge in [-0.05, 0) is 44.0 Å². The molecule has 0 aliphatic rings. The third kappa shape index (κ3) is 8.29. The van der Waals surface area contributed by atoms with Gasteiger partial charge in [0, 0.05) is 18.8 Å². The fourth-order valence-electron chi connectivity index (χ4n) is 2.71. The van der Waals surface area contributed by atoms with Gasteiger partial charge in [0.15, 0.2) is 5.96 Å². The highest BCUT2D eigenvalue weighted by atomic mass is 19.1. The molecule has 0 radical (unpaired) electrons. The van der Waals surface area contributed by atoms with Gasteiger partial charge in [-0.25, -0.2) is 9.38 Å². The second-order valence-corrected chi connectivity index (χ2v) is 6.33. The molecule has 1 rings (SSSR count). The zero-order chi connectivity index (χ0) is 19.4.